The molecule has 32 heavy (non-hydrogen) atoms. The number of hydrogen-bond acceptors (Lipinski definition) is 4. The predicted octanol–water partition coefficient (Wildman–Crippen LogP) is 5.20. The van der Waals surface area contributed by atoms with Crippen LogP contribution in [0.3, 0.4) is 0 Å². The molecule has 2 N–H and O–H groups in total. The largest absolute Gasteiger partial charge is 0.494 e. The lowest BCUT2D eigenvalue weighted by molar-refractivity contribution is 0.102. The van der Waals surface area contributed by atoms with Crippen molar-refractivity contribution in [2.24, 2.45) is 0 Å². The van der Waals surface area contributed by atoms with Crippen molar-refractivity contribution in [1.82, 2.24) is 0 Å². The Hall–Kier alpha value is -3.46. The standard InChI is InChI=1S/C23H22F2N2O4S/c1-2-3-14-31-17-10-8-16(9-11-17)26-23(28)19-6-4-5-7-22(19)27-32(29,30)18-12-13-20(24)21(25)15-18/h4-13,15,27H,2-3,14H2,1H3,(H,26,28). The van der Waals surface area contributed by atoms with Gasteiger partial charge in [-0.3, -0.25) is 9.52 Å². The van der Waals surface area contributed by atoms with Crippen LogP contribution < -0.4 is 14.8 Å². The summed E-state index contributed by atoms with van der Waals surface area (Å²) in [6, 6.07) is 15.0. The highest BCUT2D eigenvalue weighted by Crippen LogP contribution is 2.23. The van der Waals surface area contributed by atoms with E-state index < -0.39 is 32.5 Å². The second-order valence-corrected chi connectivity index (χ2v) is 8.59. The van der Waals surface area contributed by atoms with Crippen molar-refractivity contribution >= 4 is 27.3 Å². The number of halogens is 2. The summed E-state index contributed by atoms with van der Waals surface area (Å²) in [7, 11) is -4.25. The molecule has 0 fully saturated rings. The molecular formula is C23H22F2N2O4S. The first-order valence-corrected chi connectivity index (χ1v) is 11.4. The number of benzene rings is 3. The number of anilines is 2. The van der Waals surface area contributed by atoms with E-state index >= 15 is 0 Å². The molecule has 168 valence electrons. The lowest BCUT2D eigenvalue weighted by Crippen LogP contribution is -2.18. The summed E-state index contributed by atoms with van der Waals surface area (Å²) in [6.45, 7) is 2.67. The van der Waals surface area contributed by atoms with Crippen LogP contribution in [0.1, 0.15) is 30.1 Å². The van der Waals surface area contributed by atoms with Crippen molar-refractivity contribution in [3.05, 3.63) is 83.9 Å². The molecule has 9 heteroatoms. The zero-order valence-corrected chi connectivity index (χ0v) is 18.1. The number of hydrogen-bond donors (Lipinski definition) is 2. The molecule has 0 spiro atoms. The molecule has 3 aromatic carbocycles. The molecule has 0 saturated heterocycles. The Bertz CT molecular complexity index is 1200. The molecule has 0 unspecified atom stereocenters. The number of carbonyl (C=O) groups is 1. The molecule has 0 bridgehead atoms. The minimum Gasteiger partial charge on any atom is -0.494 e. The lowest BCUT2D eigenvalue weighted by atomic mass is 10.1. The van der Waals surface area contributed by atoms with Crippen LogP contribution in [-0.2, 0) is 10.0 Å². The molecule has 1 amide bonds. The van der Waals surface area contributed by atoms with E-state index in [0.29, 0.717) is 24.1 Å². The highest BCUT2D eigenvalue weighted by atomic mass is 32.2. The summed E-state index contributed by atoms with van der Waals surface area (Å²) in [5.41, 5.74) is 0.548. The topological polar surface area (TPSA) is 84.5 Å². The number of unbranched alkanes of at least 4 members (excludes halogenated alkanes) is 1. The van der Waals surface area contributed by atoms with Gasteiger partial charge in [0.2, 0.25) is 0 Å². The first kappa shape index (κ1) is 23.2. The van der Waals surface area contributed by atoms with Gasteiger partial charge in [0, 0.05) is 5.69 Å². The van der Waals surface area contributed by atoms with Gasteiger partial charge in [0.15, 0.2) is 11.6 Å². The van der Waals surface area contributed by atoms with E-state index in [0.717, 1.165) is 25.0 Å². The molecular weight excluding hydrogens is 438 g/mol. The van der Waals surface area contributed by atoms with E-state index in [1.54, 1.807) is 36.4 Å². The fourth-order valence-electron chi connectivity index (χ4n) is 2.79. The Morgan fingerprint density at radius 3 is 2.38 bits per heavy atom. The molecule has 6 nitrogen and oxygen atoms in total. The van der Waals surface area contributed by atoms with E-state index in [2.05, 4.69) is 17.0 Å². The van der Waals surface area contributed by atoms with Gasteiger partial charge in [-0.1, -0.05) is 25.5 Å². The first-order valence-electron chi connectivity index (χ1n) is 9.91. The van der Waals surface area contributed by atoms with Crippen molar-refractivity contribution in [3.8, 4) is 5.75 Å². The molecule has 0 aliphatic rings. The van der Waals surface area contributed by atoms with Gasteiger partial charge in [0.05, 0.1) is 22.8 Å². The smallest absolute Gasteiger partial charge is 0.262 e. The molecule has 0 aliphatic heterocycles. The summed E-state index contributed by atoms with van der Waals surface area (Å²) < 4.78 is 59.7. The fraction of sp³-hybridized carbons (Fsp3) is 0.174. The second-order valence-electron chi connectivity index (χ2n) is 6.91. The Labute approximate surface area is 185 Å². The Morgan fingerprint density at radius 2 is 1.69 bits per heavy atom. The van der Waals surface area contributed by atoms with E-state index in [1.807, 2.05) is 0 Å². The van der Waals surface area contributed by atoms with Gasteiger partial charge >= 0.3 is 0 Å². The van der Waals surface area contributed by atoms with Crippen LogP contribution in [0.25, 0.3) is 0 Å². The second kappa shape index (κ2) is 10.2. The number of carbonyl (C=O) groups excluding carboxylic acids is 1. The van der Waals surface area contributed by atoms with Gasteiger partial charge in [-0.05, 0) is 61.0 Å². The predicted molar refractivity (Wildman–Crippen MR) is 118 cm³/mol. The fourth-order valence-corrected chi connectivity index (χ4v) is 3.88. The number of rotatable bonds is 9. The molecule has 3 rings (SSSR count). The molecule has 0 atom stereocenters. The van der Waals surface area contributed by atoms with E-state index in [1.165, 1.54) is 12.1 Å². The Balaban J connectivity index is 1.75. The number of sulfonamides is 1. The highest BCUT2D eigenvalue weighted by molar-refractivity contribution is 7.92. The van der Waals surface area contributed by atoms with Crippen LogP contribution in [0.15, 0.2) is 71.6 Å². The molecule has 0 saturated carbocycles. The molecule has 0 aliphatic carbocycles. The van der Waals surface area contributed by atoms with Crippen LogP contribution >= 0.6 is 0 Å². The van der Waals surface area contributed by atoms with Crippen molar-refractivity contribution in [2.45, 2.75) is 24.7 Å². The first-order chi connectivity index (χ1) is 15.3. The van der Waals surface area contributed by atoms with Crippen molar-refractivity contribution in [3.63, 3.8) is 0 Å². The maximum Gasteiger partial charge on any atom is 0.262 e. The number of para-hydroxylation sites is 1. The van der Waals surface area contributed by atoms with Gasteiger partial charge in [0.25, 0.3) is 15.9 Å². The summed E-state index contributed by atoms with van der Waals surface area (Å²) in [4.78, 5) is 12.3. The van der Waals surface area contributed by atoms with Gasteiger partial charge in [-0.15, -0.1) is 0 Å². The van der Waals surface area contributed by atoms with E-state index in [-0.39, 0.29) is 11.3 Å². The zero-order chi connectivity index (χ0) is 23.1. The quantitative estimate of drug-likeness (QED) is 0.430. The van der Waals surface area contributed by atoms with E-state index in [4.69, 9.17) is 4.74 Å². The summed E-state index contributed by atoms with van der Waals surface area (Å²) in [6.07, 6.45) is 1.96. The van der Waals surface area contributed by atoms with Crippen LogP contribution in [0.4, 0.5) is 20.2 Å². The maximum atomic E-state index is 13.5. The Kier molecular flexibility index (Phi) is 7.42. The third kappa shape index (κ3) is 5.82. The van der Waals surface area contributed by atoms with Crippen LogP contribution in [0, 0.1) is 11.6 Å². The Morgan fingerprint density at radius 1 is 0.969 bits per heavy atom. The third-order valence-electron chi connectivity index (χ3n) is 4.50. The average Bonchev–Trinajstić information content (AvgIpc) is 2.77. The van der Waals surface area contributed by atoms with Crippen LogP contribution in [0.2, 0.25) is 0 Å². The number of ether oxygens (including phenoxy) is 1. The zero-order valence-electron chi connectivity index (χ0n) is 17.3. The third-order valence-corrected chi connectivity index (χ3v) is 5.86. The van der Waals surface area contributed by atoms with Crippen molar-refractivity contribution in [1.29, 1.82) is 0 Å². The monoisotopic (exact) mass is 460 g/mol. The van der Waals surface area contributed by atoms with Gasteiger partial charge < -0.3 is 10.1 Å². The lowest BCUT2D eigenvalue weighted by Gasteiger charge is -2.13. The molecule has 0 radical (unpaired) electrons. The van der Waals surface area contributed by atoms with Crippen molar-refractivity contribution in [2.75, 3.05) is 16.6 Å². The van der Waals surface area contributed by atoms with Gasteiger partial charge in [0.1, 0.15) is 5.75 Å². The van der Waals surface area contributed by atoms with Gasteiger partial charge in [-0.2, -0.15) is 0 Å². The van der Waals surface area contributed by atoms with Crippen molar-refractivity contribution < 1.29 is 26.7 Å². The maximum absolute atomic E-state index is 13.5. The van der Waals surface area contributed by atoms with E-state index in [9.17, 15) is 22.0 Å². The molecule has 0 heterocycles. The average molecular weight is 461 g/mol. The summed E-state index contributed by atoms with van der Waals surface area (Å²) >= 11 is 0. The molecule has 0 aromatic heterocycles. The summed E-state index contributed by atoms with van der Waals surface area (Å²) in [5.74, 6) is -2.32. The van der Waals surface area contributed by atoms with Crippen LogP contribution in [0.5, 0.6) is 5.75 Å². The minimum absolute atomic E-state index is 0.00532. The number of nitrogens with one attached hydrogen (secondary N) is 2. The van der Waals surface area contributed by atoms with Gasteiger partial charge in [-0.25, -0.2) is 17.2 Å². The molecule has 3 aromatic rings. The SMILES string of the molecule is CCCCOc1ccc(NC(=O)c2ccccc2NS(=O)(=O)c2ccc(F)c(F)c2)cc1. The summed E-state index contributed by atoms with van der Waals surface area (Å²) in [5, 5.41) is 2.70. The number of amides is 1. The highest BCUT2D eigenvalue weighted by Gasteiger charge is 2.20. The minimum atomic E-state index is -4.25. The van der Waals surface area contributed by atoms with Crippen LogP contribution in [-0.4, -0.2) is 20.9 Å². The normalized spacial score (nSPS) is 11.1.